The zero-order chi connectivity index (χ0) is 39.2. The van der Waals surface area contributed by atoms with Gasteiger partial charge < -0.3 is 0 Å². The van der Waals surface area contributed by atoms with Crippen LogP contribution >= 0.6 is 0 Å². The molecule has 0 radical (unpaired) electrons. The predicted molar refractivity (Wildman–Crippen MR) is 242 cm³/mol. The van der Waals surface area contributed by atoms with Gasteiger partial charge in [-0.25, -0.2) is 15.0 Å². The van der Waals surface area contributed by atoms with Crippen molar-refractivity contribution in [1.29, 1.82) is 0 Å². The van der Waals surface area contributed by atoms with Crippen molar-refractivity contribution in [3.63, 3.8) is 0 Å². The van der Waals surface area contributed by atoms with Gasteiger partial charge in [-0.2, -0.15) is 0 Å². The van der Waals surface area contributed by atoms with E-state index < -0.39 is 5.41 Å². The van der Waals surface area contributed by atoms with E-state index in [1.807, 2.05) is 60.7 Å². The third-order valence-corrected chi connectivity index (χ3v) is 11.8. The van der Waals surface area contributed by atoms with E-state index >= 15 is 0 Å². The number of nitrogens with zero attached hydrogens (tertiary/aromatic N) is 3. The van der Waals surface area contributed by atoms with E-state index in [1.165, 1.54) is 49.7 Å². The smallest absolute Gasteiger partial charge is 0.164 e. The summed E-state index contributed by atoms with van der Waals surface area (Å²) in [6.45, 7) is 0. The molecule has 1 heterocycles. The largest absolute Gasteiger partial charge is 0.208 e. The van der Waals surface area contributed by atoms with Crippen LogP contribution in [0.25, 0.3) is 78.3 Å². The lowest BCUT2D eigenvalue weighted by molar-refractivity contribution is 0.775. The highest BCUT2D eigenvalue weighted by Gasteiger charge is 2.47. The van der Waals surface area contributed by atoms with Gasteiger partial charge in [0.05, 0.1) is 5.41 Å². The van der Waals surface area contributed by atoms with Crippen LogP contribution in [0.2, 0.25) is 0 Å². The van der Waals surface area contributed by atoms with Crippen LogP contribution in [0.5, 0.6) is 0 Å². The molecule has 10 aromatic rings. The van der Waals surface area contributed by atoms with Crippen LogP contribution in [0.3, 0.4) is 0 Å². The number of hydrogen-bond donors (Lipinski definition) is 0. The highest BCUT2D eigenvalue weighted by Crippen LogP contribution is 2.58. The minimum Gasteiger partial charge on any atom is -0.208 e. The van der Waals surface area contributed by atoms with Crippen LogP contribution in [0.15, 0.2) is 224 Å². The molecule has 0 unspecified atom stereocenters. The molecule has 0 saturated carbocycles. The van der Waals surface area contributed by atoms with Crippen LogP contribution in [-0.2, 0) is 5.41 Å². The normalized spacial score (nSPS) is 12.5. The fourth-order valence-electron chi connectivity index (χ4n) is 9.20. The summed E-state index contributed by atoms with van der Waals surface area (Å²) in [5, 5.41) is 2.49. The lowest BCUT2D eigenvalue weighted by atomic mass is 9.66. The van der Waals surface area contributed by atoms with Gasteiger partial charge in [0.25, 0.3) is 0 Å². The standard InChI is InChI=1S/C56H37N3/c1-5-18-38(19-6-1)53-57-54(39-20-7-2-8-21-39)59-55(58-53)43-25-16-23-41(37-43)40-22-15-24-42(36-40)46-31-17-32-49-47(46)34-35-50-48-30-13-14-33-51(48)56(52(49)50,44-26-9-3-10-27-44)45-28-11-4-12-29-45/h1-37H. The second kappa shape index (κ2) is 14.3. The molecule has 0 saturated heterocycles. The quantitative estimate of drug-likeness (QED) is 0.163. The Morgan fingerprint density at radius 2 is 0.712 bits per heavy atom. The van der Waals surface area contributed by atoms with Gasteiger partial charge in [0.2, 0.25) is 0 Å². The molecule has 11 rings (SSSR count). The first-order valence-electron chi connectivity index (χ1n) is 20.1. The average molecular weight is 752 g/mol. The van der Waals surface area contributed by atoms with Gasteiger partial charge in [-0.05, 0) is 78.5 Å². The Hall–Kier alpha value is -7.75. The molecule has 3 nitrogen and oxygen atoms in total. The van der Waals surface area contributed by atoms with E-state index in [-0.39, 0.29) is 0 Å². The number of benzene rings is 9. The van der Waals surface area contributed by atoms with Crippen molar-refractivity contribution < 1.29 is 0 Å². The van der Waals surface area contributed by atoms with Crippen molar-refractivity contribution in [2.45, 2.75) is 5.41 Å². The summed E-state index contributed by atoms with van der Waals surface area (Å²) in [7, 11) is 0. The Kier molecular flexibility index (Phi) is 8.37. The van der Waals surface area contributed by atoms with Crippen LogP contribution in [-0.4, -0.2) is 15.0 Å². The van der Waals surface area contributed by atoms with Crippen molar-refractivity contribution >= 4 is 10.8 Å². The summed E-state index contributed by atoms with van der Waals surface area (Å²) >= 11 is 0. The Labute approximate surface area is 344 Å². The summed E-state index contributed by atoms with van der Waals surface area (Å²) in [5.41, 5.74) is 14.7. The third kappa shape index (κ3) is 5.78. The number of rotatable bonds is 7. The summed E-state index contributed by atoms with van der Waals surface area (Å²) in [6, 6.07) is 80.2. The van der Waals surface area contributed by atoms with E-state index in [4.69, 9.17) is 15.0 Å². The molecule has 1 aromatic heterocycles. The molecule has 59 heavy (non-hydrogen) atoms. The van der Waals surface area contributed by atoms with Gasteiger partial charge >= 0.3 is 0 Å². The molecule has 3 heteroatoms. The first-order chi connectivity index (χ1) is 29.3. The van der Waals surface area contributed by atoms with Crippen LogP contribution in [0.4, 0.5) is 0 Å². The summed E-state index contributed by atoms with van der Waals surface area (Å²) in [6.07, 6.45) is 0. The molecular formula is C56H37N3. The van der Waals surface area contributed by atoms with E-state index in [2.05, 4.69) is 164 Å². The molecule has 0 aliphatic heterocycles. The molecule has 276 valence electrons. The summed E-state index contributed by atoms with van der Waals surface area (Å²) < 4.78 is 0. The number of hydrogen-bond acceptors (Lipinski definition) is 3. The molecule has 1 aliphatic rings. The number of fused-ring (bicyclic) bond motifs is 5. The molecule has 0 bridgehead atoms. The number of aromatic nitrogens is 3. The molecule has 0 atom stereocenters. The highest BCUT2D eigenvalue weighted by molar-refractivity contribution is 6.06. The second-order valence-corrected chi connectivity index (χ2v) is 15.1. The van der Waals surface area contributed by atoms with E-state index in [1.54, 1.807) is 0 Å². The zero-order valence-corrected chi connectivity index (χ0v) is 32.2. The highest BCUT2D eigenvalue weighted by atomic mass is 15.0. The minimum absolute atomic E-state index is 0.481. The van der Waals surface area contributed by atoms with E-state index in [0.717, 1.165) is 33.4 Å². The SMILES string of the molecule is c1ccc(-c2nc(-c3ccccc3)nc(-c3cccc(-c4cccc(-c5cccc6c7c(ccc56)-c5ccccc5C7(c5ccccc5)c5ccccc5)c4)c3)n2)cc1. The Morgan fingerprint density at radius 1 is 0.271 bits per heavy atom. The topological polar surface area (TPSA) is 38.7 Å². The Morgan fingerprint density at radius 3 is 1.32 bits per heavy atom. The van der Waals surface area contributed by atoms with Crippen molar-refractivity contribution in [1.82, 2.24) is 15.0 Å². The van der Waals surface area contributed by atoms with Crippen molar-refractivity contribution in [3.8, 4) is 67.5 Å². The maximum absolute atomic E-state index is 5.01. The van der Waals surface area contributed by atoms with Crippen molar-refractivity contribution in [2.75, 3.05) is 0 Å². The molecule has 9 aromatic carbocycles. The first-order valence-corrected chi connectivity index (χ1v) is 20.1. The van der Waals surface area contributed by atoms with Gasteiger partial charge in [-0.3, -0.25) is 0 Å². The van der Waals surface area contributed by atoms with Crippen LogP contribution < -0.4 is 0 Å². The summed E-state index contributed by atoms with van der Waals surface area (Å²) in [5.74, 6) is 1.94. The molecule has 0 fully saturated rings. The lowest BCUT2D eigenvalue weighted by Crippen LogP contribution is -2.28. The monoisotopic (exact) mass is 751 g/mol. The van der Waals surface area contributed by atoms with Crippen molar-refractivity contribution in [3.05, 3.63) is 247 Å². The van der Waals surface area contributed by atoms with Gasteiger partial charge in [0, 0.05) is 16.7 Å². The minimum atomic E-state index is -0.481. The van der Waals surface area contributed by atoms with Gasteiger partial charge in [0.15, 0.2) is 17.5 Å². The molecule has 0 spiro atoms. The zero-order valence-electron chi connectivity index (χ0n) is 32.2. The van der Waals surface area contributed by atoms with Crippen molar-refractivity contribution in [2.24, 2.45) is 0 Å². The van der Waals surface area contributed by atoms with E-state index in [9.17, 15) is 0 Å². The summed E-state index contributed by atoms with van der Waals surface area (Å²) in [4.78, 5) is 14.9. The fourth-order valence-corrected chi connectivity index (χ4v) is 9.20. The third-order valence-electron chi connectivity index (χ3n) is 11.8. The second-order valence-electron chi connectivity index (χ2n) is 15.1. The maximum atomic E-state index is 5.01. The van der Waals surface area contributed by atoms with Gasteiger partial charge in [-0.15, -0.1) is 0 Å². The average Bonchev–Trinajstić information content (AvgIpc) is 3.64. The molecular weight excluding hydrogens is 715 g/mol. The van der Waals surface area contributed by atoms with Gasteiger partial charge in [-0.1, -0.05) is 212 Å². The van der Waals surface area contributed by atoms with Crippen LogP contribution in [0.1, 0.15) is 22.3 Å². The van der Waals surface area contributed by atoms with Gasteiger partial charge in [0.1, 0.15) is 0 Å². The molecule has 1 aliphatic carbocycles. The Bertz CT molecular complexity index is 3040. The lowest BCUT2D eigenvalue weighted by Gasteiger charge is -2.34. The molecule has 0 amide bonds. The Balaban J connectivity index is 1.05. The molecule has 0 N–H and O–H groups in total. The van der Waals surface area contributed by atoms with E-state index in [0.29, 0.717) is 17.5 Å². The first kappa shape index (κ1) is 34.5. The van der Waals surface area contributed by atoms with Crippen LogP contribution in [0, 0.1) is 0 Å². The maximum Gasteiger partial charge on any atom is 0.164 e. The predicted octanol–water partition coefficient (Wildman–Crippen LogP) is 13.7. The fraction of sp³-hybridized carbons (Fsp3) is 0.0179.